The van der Waals surface area contributed by atoms with Gasteiger partial charge >= 0.3 is 0 Å². The number of nitrogens with one attached hydrogen (secondary N) is 1. The fourth-order valence-corrected chi connectivity index (χ4v) is 5.31. The fraction of sp³-hybridized carbons (Fsp3) is 0.370. The normalized spacial score (nSPS) is 18.4. The lowest BCUT2D eigenvalue weighted by molar-refractivity contribution is -0.129. The number of aliphatic hydroxyl groups excluding tert-OH is 1. The van der Waals surface area contributed by atoms with Crippen LogP contribution in [-0.2, 0) is 29.5 Å². The van der Waals surface area contributed by atoms with Crippen molar-refractivity contribution in [1.82, 2.24) is 24.5 Å². The zero-order chi connectivity index (χ0) is 24.8. The van der Waals surface area contributed by atoms with Crippen molar-refractivity contribution in [3.05, 3.63) is 65.5 Å². The number of aromatic nitrogens is 4. The monoisotopic (exact) mass is 486 g/mol. The lowest BCUT2D eigenvalue weighted by Gasteiger charge is -2.27. The number of hydrogen-bond acceptors (Lipinski definition) is 6. The molecule has 0 saturated carbocycles. The third-order valence-corrected chi connectivity index (χ3v) is 7.31. The Morgan fingerprint density at radius 2 is 2.14 bits per heavy atom. The number of hydrogen-bond donors (Lipinski definition) is 2. The third-order valence-electron chi connectivity index (χ3n) is 7.31. The van der Waals surface area contributed by atoms with Gasteiger partial charge < -0.3 is 20.1 Å². The highest BCUT2D eigenvalue weighted by Gasteiger charge is 2.30. The van der Waals surface area contributed by atoms with Gasteiger partial charge in [0.1, 0.15) is 0 Å². The largest absolute Gasteiger partial charge is 0.379 e. The van der Waals surface area contributed by atoms with Crippen LogP contribution in [0.4, 0.5) is 5.69 Å². The van der Waals surface area contributed by atoms with Crippen LogP contribution in [-0.4, -0.2) is 55.2 Å². The van der Waals surface area contributed by atoms with Crippen LogP contribution in [0, 0.1) is 0 Å². The van der Waals surface area contributed by atoms with E-state index in [1.54, 1.807) is 6.92 Å². The van der Waals surface area contributed by atoms with Crippen LogP contribution in [0.2, 0.25) is 0 Å². The molecule has 2 aromatic carbocycles. The van der Waals surface area contributed by atoms with Gasteiger partial charge in [-0.3, -0.25) is 14.2 Å². The molecule has 186 valence electrons. The van der Waals surface area contributed by atoms with Gasteiger partial charge in [-0.25, -0.2) is 0 Å². The van der Waals surface area contributed by atoms with Gasteiger partial charge in [0.15, 0.2) is 6.23 Å². The van der Waals surface area contributed by atoms with Crippen LogP contribution in [0.1, 0.15) is 42.4 Å². The fourth-order valence-electron chi connectivity index (χ4n) is 5.31. The predicted octanol–water partition coefficient (Wildman–Crippen LogP) is 3.41. The quantitative estimate of drug-likeness (QED) is 0.420. The third kappa shape index (κ3) is 4.04. The molecule has 1 fully saturated rings. The molecule has 9 nitrogen and oxygen atoms in total. The van der Waals surface area contributed by atoms with E-state index in [0.717, 1.165) is 58.4 Å². The first-order valence-corrected chi connectivity index (χ1v) is 12.4. The molecule has 0 aliphatic carbocycles. The first-order chi connectivity index (χ1) is 17.5. The summed E-state index contributed by atoms with van der Waals surface area (Å²) in [4.78, 5) is 14.0. The Morgan fingerprint density at radius 1 is 1.25 bits per heavy atom. The Kier molecular flexibility index (Phi) is 5.73. The SMILES string of the molecule is CC(=O)N1CCc2c(c(-c3cccc(C(O)Nc4ccc5c(cnn5C)c4)c3)nn2C2CCOC2)C1. The molecule has 0 spiro atoms. The standard InChI is InChI=1S/C27H30N6O3/c1-17(34)32-10-8-25-23(15-32)26(30-33(25)22-9-11-36-16-22)18-4-3-5-19(12-18)27(35)29-21-6-7-24-20(13-21)14-28-31(24)2/h3-7,12-14,22,27,29,35H,8-11,15-16H2,1-2H3. The second kappa shape index (κ2) is 9.07. The molecule has 6 rings (SSSR count). The van der Waals surface area contributed by atoms with E-state index in [-0.39, 0.29) is 11.9 Å². The van der Waals surface area contributed by atoms with Gasteiger partial charge in [-0.05, 0) is 30.7 Å². The van der Waals surface area contributed by atoms with Gasteiger partial charge in [0, 0.05) is 73.5 Å². The maximum atomic E-state index is 12.2. The van der Waals surface area contributed by atoms with Crippen molar-refractivity contribution in [2.75, 3.05) is 25.1 Å². The number of fused-ring (bicyclic) bond motifs is 2. The van der Waals surface area contributed by atoms with Crippen molar-refractivity contribution in [2.24, 2.45) is 7.05 Å². The predicted molar refractivity (Wildman–Crippen MR) is 136 cm³/mol. The molecule has 2 N–H and O–H groups in total. The molecule has 9 heteroatoms. The number of amides is 1. The smallest absolute Gasteiger partial charge is 0.219 e. The summed E-state index contributed by atoms with van der Waals surface area (Å²) < 4.78 is 9.59. The highest BCUT2D eigenvalue weighted by molar-refractivity contribution is 5.82. The summed E-state index contributed by atoms with van der Waals surface area (Å²) in [5.41, 5.74) is 6.66. The van der Waals surface area contributed by atoms with E-state index in [0.29, 0.717) is 19.7 Å². The highest BCUT2D eigenvalue weighted by atomic mass is 16.5. The van der Waals surface area contributed by atoms with Crippen LogP contribution in [0.25, 0.3) is 22.2 Å². The van der Waals surface area contributed by atoms with Gasteiger partial charge in [-0.15, -0.1) is 0 Å². The molecule has 36 heavy (non-hydrogen) atoms. The summed E-state index contributed by atoms with van der Waals surface area (Å²) in [5.74, 6) is 0.0718. The van der Waals surface area contributed by atoms with Crippen molar-refractivity contribution >= 4 is 22.5 Å². The zero-order valence-corrected chi connectivity index (χ0v) is 20.5. The van der Waals surface area contributed by atoms with E-state index in [1.807, 2.05) is 65.3 Å². The molecule has 2 aliphatic rings. The highest BCUT2D eigenvalue weighted by Crippen LogP contribution is 2.34. The van der Waals surface area contributed by atoms with Gasteiger partial charge in [-0.2, -0.15) is 10.2 Å². The summed E-state index contributed by atoms with van der Waals surface area (Å²) in [6.45, 7) is 4.26. The number of aryl methyl sites for hydroxylation is 1. The van der Waals surface area contributed by atoms with E-state index < -0.39 is 6.23 Å². The van der Waals surface area contributed by atoms with Crippen molar-refractivity contribution in [2.45, 2.75) is 38.6 Å². The van der Waals surface area contributed by atoms with E-state index in [1.165, 1.54) is 5.69 Å². The second-order valence-electron chi connectivity index (χ2n) is 9.64. The molecular weight excluding hydrogens is 456 g/mol. The Balaban J connectivity index is 1.32. The molecule has 1 saturated heterocycles. The number of aliphatic hydroxyl groups is 1. The van der Waals surface area contributed by atoms with Crippen LogP contribution in [0.15, 0.2) is 48.7 Å². The van der Waals surface area contributed by atoms with E-state index in [9.17, 15) is 9.90 Å². The van der Waals surface area contributed by atoms with Crippen LogP contribution in [0.5, 0.6) is 0 Å². The summed E-state index contributed by atoms with van der Waals surface area (Å²) in [7, 11) is 1.91. The van der Waals surface area contributed by atoms with Crippen molar-refractivity contribution in [1.29, 1.82) is 0 Å². The number of ether oxygens (including phenoxy) is 1. The molecule has 2 atom stereocenters. The minimum Gasteiger partial charge on any atom is -0.379 e. The second-order valence-corrected chi connectivity index (χ2v) is 9.64. The lowest BCUT2D eigenvalue weighted by Crippen LogP contribution is -2.35. The zero-order valence-electron chi connectivity index (χ0n) is 20.5. The molecule has 4 heterocycles. The Hall–Kier alpha value is -3.69. The van der Waals surface area contributed by atoms with Gasteiger partial charge in [0.2, 0.25) is 5.91 Å². The number of carbonyl (C=O) groups is 1. The van der Waals surface area contributed by atoms with Crippen molar-refractivity contribution < 1.29 is 14.6 Å². The first-order valence-electron chi connectivity index (χ1n) is 12.4. The molecule has 2 aliphatic heterocycles. The number of anilines is 1. The van der Waals surface area contributed by atoms with E-state index >= 15 is 0 Å². The molecule has 0 radical (unpaired) electrons. The Labute approximate surface area is 209 Å². The van der Waals surface area contributed by atoms with Gasteiger partial charge in [0.25, 0.3) is 0 Å². The maximum absolute atomic E-state index is 12.2. The van der Waals surface area contributed by atoms with Gasteiger partial charge in [-0.1, -0.05) is 18.2 Å². The lowest BCUT2D eigenvalue weighted by atomic mass is 9.99. The van der Waals surface area contributed by atoms with Crippen molar-refractivity contribution in [3.63, 3.8) is 0 Å². The molecule has 1 amide bonds. The topological polar surface area (TPSA) is 97.4 Å². The van der Waals surface area contributed by atoms with Crippen LogP contribution in [0.3, 0.4) is 0 Å². The molecule has 4 aromatic rings. The molecule has 2 aromatic heterocycles. The summed E-state index contributed by atoms with van der Waals surface area (Å²) in [6.07, 6.45) is 2.63. The van der Waals surface area contributed by atoms with Crippen LogP contribution < -0.4 is 5.32 Å². The summed E-state index contributed by atoms with van der Waals surface area (Å²) in [5, 5.41) is 24.6. The Bertz CT molecular complexity index is 1430. The van der Waals surface area contributed by atoms with Crippen molar-refractivity contribution in [3.8, 4) is 11.3 Å². The maximum Gasteiger partial charge on any atom is 0.219 e. The summed E-state index contributed by atoms with van der Waals surface area (Å²) in [6, 6.07) is 14.0. The number of carbonyl (C=O) groups excluding carboxylic acids is 1. The molecule has 2 unspecified atom stereocenters. The van der Waals surface area contributed by atoms with Crippen LogP contribution >= 0.6 is 0 Å². The molecular formula is C27H30N6O3. The number of nitrogens with zero attached hydrogens (tertiary/aromatic N) is 5. The number of benzene rings is 2. The number of rotatable bonds is 5. The summed E-state index contributed by atoms with van der Waals surface area (Å²) >= 11 is 0. The van der Waals surface area contributed by atoms with E-state index in [4.69, 9.17) is 9.84 Å². The van der Waals surface area contributed by atoms with Gasteiger partial charge in [0.05, 0.1) is 30.1 Å². The minimum absolute atomic E-state index is 0.0718. The van der Waals surface area contributed by atoms with E-state index in [2.05, 4.69) is 15.1 Å². The average molecular weight is 487 g/mol. The first kappa shape index (κ1) is 22.8. The Morgan fingerprint density at radius 3 is 2.94 bits per heavy atom. The average Bonchev–Trinajstić information content (AvgIpc) is 3.63. The molecule has 0 bridgehead atoms. The minimum atomic E-state index is -0.895.